The number of carbonyl (C=O) groups excluding carboxylic acids is 1. The van der Waals surface area contributed by atoms with Crippen molar-refractivity contribution in [3.8, 4) is 0 Å². The van der Waals surface area contributed by atoms with Crippen molar-refractivity contribution in [2.24, 2.45) is 0 Å². The smallest absolute Gasteiger partial charge is 0.326 e. The molecule has 0 aliphatic rings. The maximum Gasteiger partial charge on any atom is 0.326 e. The maximum absolute atomic E-state index is 10.8. The second-order valence-electron chi connectivity index (χ2n) is 1.98. The van der Waals surface area contributed by atoms with E-state index in [1.54, 1.807) is 0 Å². The average molecular weight is 140 g/mol. The third-order valence-electron chi connectivity index (χ3n) is 1.28. The largest absolute Gasteiger partial charge is 0.540 e. The Kier molecular flexibility index (Phi) is 4.72. The second kappa shape index (κ2) is 5.09. The van der Waals surface area contributed by atoms with E-state index in [0.717, 1.165) is 18.4 Å². The number of allylic oxidation sites excluding steroid dienone is 1. The molecule has 0 aliphatic heterocycles. The lowest BCUT2D eigenvalue weighted by atomic mass is 10.2. The van der Waals surface area contributed by atoms with Crippen LogP contribution in [0.1, 0.15) is 26.7 Å². The molecule has 0 aromatic carbocycles. The van der Waals surface area contributed by atoms with Crippen molar-refractivity contribution < 1.29 is 9.45 Å². The molecule has 0 saturated heterocycles. The summed E-state index contributed by atoms with van der Waals surface area (Å²) in [6.07, 6.45) is 3.53. The lowest BCUT2D eigenvalue weighted by Gasteiger charge is -2.00. The van der Waals surface area contributed by atoms with E-state index in [9.17, 15) is 4.79 Å². The second-order valence-corrected chi connectivity index (χ2v) is 1.98. The molecule has 0 saturated carbocycles. The van der Waals surface area contributed by atoms with Gasteiger partial charge in [-0.15, -0.1) is 0 Å². The van der Waals surface area contributed by atoms with Gasteiger partial charge in [0.05, 0.1) is 0 Å². The molecular weight excluding hydrogens is 127 g/mol. The van der Waals surface area contributed by atoms with Gasteiger partial charge in [-0.25, -0.2) is 4.79 Å². The van der Waals surface area contributed by atoms with Crippen LogP contribution in [0.3, 0.4) is 0 Å². The van der Waals surface area contributed by atoms with Crippen molar-refractivity contribution in [2.45, 2.75) is 26.7 Å². The molecule has 0 aromatic rings. The Labute approximate surface area is 62.7 Å². The summed E-state index contributed by atoms with van der Waals surface area (Å²) in [5, 5.41) is 0. The van der Waals surface area contributed by atoms with Crippen LogP contribution in [0.15, 0.2) is 11.6 Å². The van der Waals surface area contributed by atoms with Crippen LogP contribution in [-0.4, -0.2) is 14.0 Å². The Morgan fingerprint density at radius 1 is 1.60 bits per heavy atom. The van der Waals surface area contributed by atoms with Gasteiger partial charge in [0.25, 0.3) is 0 Å². The lowest BCUT2D eigenvalue weighted by molar-refractivity contribution is -0.129. The van der Waals surface area contributed by atoms with E-state index in [4.69, 9.17) is 0 Å². The zero-order valence-electron chi connectivity index (χ0n) is 6.81. The first-order valence-electron chi connectivity index (χ1n) is 3.53. The Morgan fingerprint density at radius 2 is 2.20 bits per heavy atom. The zero-order valence-corrected chi connectivity index (χ0v) is 6.81. The fraction of sp³-hybridized carbons (Fsp3) is 0.571. The minimum atomic E-state index is -0.204. The van der Waals surface area contributed by atoms with Crippen molar-refractivity contribution in [1.29, 1.82) is 0 Å². The summed E-state index contributed by atoms with van der Waals surface area (Å²) in [6.45, 7) is 3.94. The van der Waals surface area contributed by atoms with E-state index in [1.807, 2.05) is 19.9 Å². The van der Waals surface area contributed by atoms with Crippen LogP contribution in [-0.2, 0) is 9.45 Å². The van der Waals surface area contributed by atoms with Crippen LogP contribution in [0, 0.1) is 0 Å². The predicted octanol–water partition coefficient (Wildman–Crippen LogP) is 0.824. The van der Waals surface area contributed by atoms with Crippen LogP contribution >= 0.6 is 0 Å². The normalized spacial score (nSPS) is 11.2. The molecule has 0 aromatic heterocycles. The average Bonchev–Trinajstić information content (AvgIpc) is 1.99. The molecule has 0 fully saturated rings. The molecule has 10 heavy (non-hydrogen) atoms. The highest BCUT2D eigenvalue weighted by atomic mass is 16.5. The quantitative estimate of drug-likeness (QED) is 0.428. The minimum Gasteiger partial charge on any atom is -0.540 e. The van der Waals surface area contributed by atoms with E-state index >= 15 is 0 Å². The van der Waals surface area contributed by atoms with E-state index in [1.165, 1.54) is 8.05 Å². The summed E-state index contributed by atoms with van der Waals surface area (Å²) in [5.41, 5.74) is 0.769. The van der Waals surface area contributed by atoms with Crippen molar-refractivity contribution in [1.82, 2.24) is 0 Å². The molecule has 0 unspecified atom stereocenters. The van der Waals surface area contributed by atoms with Gasteiger partial charge in [-0.1, -0.05) is 19.9 Å². The summed E-state index contributed by atoms with van der Waals surface area (Å²) in [6, 6.07) is 0. The third kappa shape index (κ3) is 2.71. The fourth-order valence-electron chi connectivity index (χ4n) is 0.750. The van der Waals surface area contributed by atoms with Gasteiger partial charge in [-0.05, 0) is 12.8 Å². The molecule has 0 heterocycles. The first-order chi connectivity index (χ1) is 4.76. The summed E-state index contributed by atoms with van der Waals surface area (Å²) in [5.74, 6) is -0.204. The third-order valence-corrected chi connectivity index (χ3v) is 1.28. The number of carbonyl (C=O) groups is 1. The zero-order chi connectivity index (χ0) is 7.98. The monoisotopic (exact) mass is 140 g/mol. The van der Waals surface area contributed by atoms with Gasteiger partial charge < -0.3 is 4.65 Å². The van der Waals surface area contributed by atoms with Crippen LogP contribution in [0.5, 0.6) is 0 Å². The minimum absolute atomic E-state index is 0.204. The van der Waals surface area contributed by atoms with Gasteiger partial charge in [-0.2, -0.15) is 0 Å². The molecule has 56 valence electrons. The molecule has 0 amide bonds. The molecular formula is C7H13BO2. The van der Waals surface area contributed by atoms with Crippen molar-refractivity contribution >= 4 is 14.0 Å². The van der Waals surface area contributed by atoms with Crippen LogP contribution in [0.4, 0.5) is 0 Å². The first kappa shape index (κ1) is 9.27. The van der Waals surface area contributed by atoms with E-state index in [0.29, 0.717) is 0 Å². The molecule has 0 bridgehead atoms. The van der Waals surface area contributed by atoms with Crippen molar-refractivity contribution in [3.63, 3.8) is 0 Å². The Morgan fingerprint density at radius 3 is 2.50 bits per heavy atom. The van der Waals surface area contributed by atoms with Gasteiger partial charge in [0.2, 0.25) is 0 Å². The molecule has 2 nitrogen and oxygen atoms in total. The van der Waals surface area contributed by atoms with E-state index < -0.39 is 0 Å². The molecule has 0 spiro atoms. The Bertz CT molecular complexity index is 141. The number of hydrogen-bond acceptors (Lipinski definition) is 2. The van der Waals surface area contributed by atoms with Gasteiger partial charge in [0.1, 0.15) is 0 Å². The molecule has 3 heteroatoms. The lowest BCUT2D eigenvalue weighted by Crippen LogP contribution is -2.04. The summed E-state index contributed by atoms with van der Waals surface area (Å²) in [4.78, 5) is 10.8. The van der Waals surface area contributed by atoms with E-state index in [2.05, 4.69) is 4.65 Å². The maximum atomic E-state index is 10.8. The van der Waals surface area contributed by atoms with Gasteiger partial charge in [0.15, 0.2) is 0 Å². The fourth-order valence-corrected chi connectivity index (χ4v) is 0.750. The van der Waals surface area contributed by atoms with Crippen molar-refractivity contribution in [3.05, 3.63) is 11.6 Å². The van der Waals surface area contributed by atoms with Crippen LogP contribution in [0.2, 0.25) is 0 Å². The summed E-state index contributed by atoms with van der Waals surface area (Å²) >= 11 is 0. The molecule has 0 N–H and O–H groups in total. The first-order valence-corrected chi connectivity index (χ1v) is 3.53. The molecule has 0 atom stereocenters. The Balaban J connectivity index is 4.06. The highest BCUT2D eigenvalue weighted by Gasteiger charge is 2.03. The Hall–Kier alpha value is -0.725. The van der Waals surface area contributed by atoms with Gasteiger partial charge >= 0.3 is 14.0 Å². The van der Waals surface area contributed by atoms with Crippen molar-refractivity contribution in [2.75, 3.05) is 0 Å². The highest BCUT2D eigenvalue weighted by molar-refractivity contribution is 6.09. The molecule has 0 aliphatic carbocycles. The van der Waals surface area contributed by atoms with Gasteiger partial charge in [0, 0.05) is 5.57 Å². The number of rotatable bonds is 3. The molecule has 0 rings (SSSR count). The molecule has 0 radical (unpaired) electrons. The van der Waals surface area contributed by atoms with Crippen LogP contribution in [0.25, 0.3) is 0 Å². The topological polar surface area (TPSA) is 26.3 Å². The number of hydrogen-bond donors (Lipinski definition) is 0. The standard InChI is InChI=1S/C7H13BO2/c1-3-5-6(4-2)7(9)10-8/h5H,3-4,8H2,1-2H3. The SMILES string of the molecule is BOC(=O)C(=CCC)CC. The van der Waals surface area contributed by atoms with E-state index in [-0.39, 0.29) is 5.97 Å². The summed E-state index contributed by atoms with van der Waals surface area (Å²) in [7, 11) is 1.40. The predicted molar refractivity (Wildman–Crippen MR) is 43.3 cm³/mol. The summed E-state index contributed by atoms with van der Waals surface area (Å²) < 4.78 is 4.55. The highest BCUT2D eigenvalue weighted by Crippen LogP contribution is 2.03. The van der Waals surface area contributed by atoms with Crippen LogP contribution < -0.4 is 0 Å². The van der Waals surface area contributed by atoms with Gasteiger partial charge in [-0.3, -0.25) is 0 Å².